The van der Waals surface area contributed by atoms with Gasteiger partial charge in [0.1, 0.15) is 12.4 Å². The van der Waals surface area contributed by atoms with Crippen molar-refractivity contribution in [1.82, 2.24) is 4.90 Å². The number of aliphatic hydroxyl groups excluding tert-OH is 1. The first kappa shape index (κ1) is 12.9. The lowest BCUT2D eigenvalue weighted by Gasteiger charge is -2.22. The topological polar surface area (TPSA) is 32.7 Å². The second-order valence-electron chi connectivity index (χ2n) is 4.32. The molecule has 1 unspecified atom stereocenters. The van der Waals surface area contributed by atoms with Gasteiger partial charge >= 0.3 is 0 Å². The smallest absolute Gasteiger partial charge is 0.120 e. The van der Waals surface area contributed by atoms with E-state index in [-0.39, 0.29) is 6.61 Å². The normalized spacial score (nSPS) is 20.7. The number of aliphatic hydroxyl groups is 1. The van der Waals surface area contributed by atoms with Crippen LogP contribution in [0.15, 0.2) is 28.7 Å². The third kappa shape index (κ3) is 3.69. The molecule has 1 fully saturated rings. The van der Waals surface area contributed by atoms with Crippen molar-refractivity contribution in [2.45, 2.75) is 18.9 Å². The van der Waals surface area contributed by atoms with Crippen LogP contribution >= 0.6 is 15.9 Å². The fraction of sp³-hybridized carbons (Fsp3) is 0.538. The molecule has 1 saturated heterocycles. The van der Waals surface area contributed by atoms with Crippen molar-refractivity contribution in [3.05, 3.63) is 28.7 Å². The Morgan fingerprint density at radius 2 is 2.35 bits per heavy atom. The standard InChI is InChI=1S/C13H18BrNO2/c14-11-3-1-5-13(9-11)17-8-7-15-6-2-4-12(15)10-16/h1,3,5,9,12,16H,2,4,6-8,10H2. The number of likely N-dealkylation sites (tertiary alicyclic amines) is 1. The Balaban J connectivity index is 1.76. The minimum Gasteiger partial charge on any atom is -0.492 e. The molecule has 0 bridgehead atoms. The van der Waals surface area contributed by atoms with Crippen molar-refractivity contribution >= 4 is 15.9 Å². The SMILES string of the molecule is OCC1CCCN1CCOc1cccc(Br)c1. The molecule has 0 aromatic heterocycles. The minimum absolute atomic E-state index is 0.261. The number of hydrogen-bond acceptors (Lipinski definition) is 3. The molecule has 4 heteroatoms. The van der Waals surface area contributed by atoms with E-state index < -0.39 is 0 Å². The highest BCUT2D eigenvalue weighted by Crippen LogP contribution is 2.19. The Kier molecular flexibility index (Phi) is 4.83. The van der Waals surface area contributed by atoms with E-state index in [4.69, 9.17) is 4.74 Å². The summed E-state index contributed by atoms with van der Waals surface area (Å²) in [5.74, 6) is 0.888. The summed E-state index contributed by atoms with van der Waals surface area (Å²) in [6.07, 6.45) is 2.29. The van der Waals surface area contributed by atoms with Crippen LogP contribution < -0.4 is 4.74 Å². The van der Waals surface area contributed by atoms with Gasteiger partial charge in [-0.25, -0.2) is 0 Å². The molecule has 0 spiro atoms. The lowest BCUT2D eigenvalue weighted by molar-refractivity contribution is 0.139. The maximum Gasteiger partial charge on any atom is 0.120 e. The molecule has 2 rings (SSSR count). The Labute approximate surface area is 111 Å². The van der Waals surface area contributed by atoms with Gasteiger partial charge in [-0.2, -0.15) is 0 Å². The molecule has 1 aliphatic rings. The van der Waals surface area contributed by atoms with Gasteiger partial charge in [0.05, 0.1) is 6.61 Å². The highest BCUT2D eigenvalue weighted by molar-refractivity contribution is 9.10. The molecule has 1 heterocycles. The van der Waals surface area contributed by atoms with Crippen molar-refractivity contribution < 1.29 is 9.84 Å². The summed E-state index contributed by atoms with van der Waals surface area (Å²) in [4.78, 5) is 2.30. The van der Waals surface area contributed by atoms with Crippen LogP contribution in [0, 0.1) is 0 Å². The average molecular weight is 300 g/mol. The molecule has 1 N–H and O–H groups in total. The molecule has 3 nitrogen and oxygen atoms in total. The highest BCUT2D eigenvalue weighted by atomic mass is 79.9. The zero-order valence-corrected chi connectivity index (χ0v) is 11.4. The second-order valence-corrected chi connectivity index (χ2v) is 5.24. The van der Waals surface area contributed by atoms with Gasteiger partial charge in [-0.1, -0.05) is 22.0 Å². The predicted octanol–water partition coefficient (Wildman–Crippen LogP) is 2.28. The zero-order valence-electron chi connectivity index (χ0n) is 9.81. The lowest BCUT2D eigenvalue weighted by Crippen LogP contribution is -2.35. The highest BCUT2D eigenvalue weighted by Gasteiger charge is 2.22. The van der Waals surface area contributed by atoms with Crippen molar-refractivity contribution in [3.63, 3.8) is 0 Å². The first-order valence-electron chi connectivity index (χ1n) is 6.03. The van der Waals surface area contributed by atoms with Crippen LogP contribution in [0.3, 0.4) is 0 Å². The number of benzene rings is 1. The minimum atomic E-state index is 0.261. The molecule has 0 radical (unpaired) electrons. The summed E-state index contributed by atoms with van der Waals surface area (Å²) in [5.41, 5.74) is 0. The van der Waals surface area contributed by atoms with E-state index in [0.717, 1.165) is 29.7 Å². The van der Waals surface area contributed by atoms with Crippen LogP contribution in [0.25, 0.3) is 0 Å². The zero-order chi connectivity index (χ0) is 12.1. The van der Waals surface area contributed by atoms with Crippen molar-refractivity contribution in [1.29, 1.82) is 0 Å². The second kappa shape index (κ2) is 6.38. The van der Waals surface area contributed by atoms with E-state index in [1.807, 2.05) is 24.3 Å². The quantitative estimate of drug-likeness (QED) is 0.905. The van der Waals surface area contributed by atoms with E-state index >= 15 is 0 Å². The molecule has 0 saturated carbocycles. The summed E-state index contributed by atoms with van der Waals surface area (Å²) in [5, 5.41) is 9.20. The van der Waals surface area contributed by atoms with Gasteiger partial charge in [0.25, 0.3) is 0 Å². The molecule has 1 aromatic carbocycles. The summed E-state index contributed by atoms with van der Waals surface area (Å²) in [6.45, 7) is 2.90. The molecule has 17 heavy (non-hydrogen) atoms. The number of ether oxygens (including phenoxy) is 1. The van der Waals surface area contributed by atoms with E-state index in [1.165, 1.54) is 6.42 Å². The summed E-state index contributed by atoms with van der Waals surface area (Å²) in [6, 6.07) is 8.20. The van der Waals surface area contributed by atoms with Crippen LogP contribution in [0.5, 0.6) is 5.75 Å². The number of halogens is 1. The Hall–Kier alpha value is -0.580. The molecule has 1 atom stereocenters. The van der Waals surface area contributed by atoms with Crippen LogP contribution in [0.1, 0.15) is 12.8 Å². The summed E-state index contributed by atoms with van der Waals surface area (Å²) >= 11 is 3.42. The van der Waals surface area contributed by atoms with Gasteiger partial charge < -0.3 is 9.84 Å². The van der Waals surface area contributed by atoms with Crippen LogP contribution in [-0.2, 0) is 0 Å². The molecule has 1 aliphatic heterocycles. The number of rotatable bonds is 5. The van der Waals surface area contributed by atoms with E-state index in [2.05, 4.69) is 20.8 Å². The lowest BCUT2D eigenvalue weighted by atomic mass is 10.2. The van der Waals surface area contributed by atoms with Gasteiger partial charge in [0.15, 0.2) is 0 Å². The Morgan fingerprint density at radius 3 is 3.12 bits per heavy atom. The van der Waals surface area contributed by atoms with Gasteiger partial charge in [0.2, 0.25) is 0 Å². The molecular weight excluding hydrogens is 282 g/mol. The largest absolute Gasteiger partial charge is 0.492 e. The fourth-order valence-corrected chi connectivity index (χ4v) is 2.61. The monoisotopic (exact) mass is 299 g/mol. The van der Waals surface area contributed by atoms with Gasteiger partial charge in [0, 0.05) is 17.1 Å². The third-order valence-corrected chi connectivity index (χ3v) is 3.65. The molecule has 94 valence electrons. The van der Waals surface area contributed by atoms with Gasteiger partial charge in [-0.3, -0.25) is 4.90 Å². The van der Waals surface area contributed by atoms with Gasteiger partial charge in [-0.05, 0) is 37.6 Å². The Bertz CT molecular complexity index is 359. The fourth-order valence-electron chi connectivity index (χ4n) is 2.23. The van der Waals surface area contributed by atoms with E-state index in [0.29, 0.717) is 12.6 Å². The molecule has 0 aliphatic carbocycles. The number of nitrogens with zero attached hydrogens (tertiary/aromatic N) is 1. The van der Waals surface area contributed by atoms with Crippen molar-refractivity contribution in [2.75, 3.05) is 26.3 Å². The van der Waals surface area contributed by atoms with Crippen LogP contribution in [-0.4, -0.2) is 42.4 Å². The maximum absolute atomic E-state index is 9.20. The first-order valence-corrected chi connectivity index (χ1v) is 6.82. The van der Waals surface area contributed by atoms with Crippen LogP contribution in [0.4, 0.5) is 0 Å². The third-order valence-electron chi connectivity index (χ3n) is 3.15. The van der Waals surface area contributed by atoms with E-state index in [9.17, 15) is 5.11 Å². The maximum atomic E-state index is 9.20. The summed E-state index contributed by atoms with van der Waals surface area (Å²) < 4.78 is 6.72. The van der Waals surface area contributed by atoms with Crippen molar-refractivity contribution in [2.24, 2.45) is 0 Å². The van der Waals surface area contributed by atoms with E-state index in [1.54, 1.807) is 0 Å². The predicted molar refractivity (Wildman–Crippen MR) is 71.3 cm³/mol. The van der Waals surface area contributed by atoms with Crippen LogP contribution in [0.2, 0.25) is 0 Å². The summed E-state index contributed by atoms with van der Waals surface area (Å²) in [7, 11) is 0. The molecule has 0 amide bonds. The first-order chi connectivity index (χ1) is 8.29. The van der Waals surface area contributed by atoms with Gasteiger partial charge in [-0.15, -0.1) is 0 Å². The average Bonchev–Trinajstić information content (AvgIpc) is 2.77. The Morgan fingerprint density at radius 1 is 1.47 bits per heavy atom. The molecular formula is C13H18BrNO2. The molecule has 1 aromatic rings. The van der Waals surface area contributed by atoms with Crippen molar-refractivity contribution in [3.8, 4) is 5.75 Å². The number of hydrogen-bond donors (Lipinski definition) is 1.